The number of nitrogens with zero attached hydrogens (tertiary/aromatic N) is 1. The molecular formula is C31H43N3O4. The third kappa shape index (κ3) is 8.61. The summed E-state index contributed by atoms with van der Waals surface area (Å²) in [5, 5.41) is 6.02. The molecule has 0 aromatic heterocycles. The van der Waals surface area contributed by atoms with Crippen molar-refractivity contribution in [2.45, 2.75) is 103 Å². The van der Waals surface area contributed by atoms with Gasteiger partial charge in [-0.3, -0.25) is 9.59 Å². The van der Waals surface area contributed by atoms with Gasteiger partial charge in [0.2, 0.25) is 11.8 Å². The van der Waals surface area contributed by atoms with Crippen LogP contribution in [0, 0.1) is 0 Å². The van der Waals surface area contributed by atoms with Gasteiger partial charge in [-0.25, -0.2) is 4.79 Å². The summed E-state index contributed by atoms with van der Waals surface area (Å²) in [5.74, 6) is -0.525. The molecular weight excluding hydrogens is 478 g/mol. The fourth-order valence-electron chi connectivity index (χ4n) is 4.96. The molecule has 3 rings (SSSR count). The largest absolute Gasteiger partial charge is 0.444 e. The molecule has 2 unspecified atom stereocenters. The lowest BCUT2D eigenvalue weighted by Crippen LogP contribution is -2.56. The van der Waals surface area contributed by atoms with Crippen LogP contribution in [0.5, 0.6) is 0 Å². The van der Waals surface area contributed by atoms with Crippen LogP contribution in [0.2, 0.25) is 0 Å². The first-order chi connectivity index (χ1) is 18.0. The van der Waals surface area contributed by atoms with Gasteiger partial charge in [0.15, 0.2) is 0 Å². The van der Waals surface area contributed by atoms with Crippen LogP contribution in [0.15, 0.2) is 60.7 Å². The highest BCUT2D eigenvalue weighted by molar-refractivity contribution is 5.92. The summed E-state index contributed by atoms with van der Waals surface area (Å²) in [4.78, 5) is 42.5. The molecule has 1 fully saturated rings. The van der Waals surface area contributed by atoms with Crippen LogP contribution in [-0.4, -0.2) is 46.5 Å². The fourth-order valence-corrected chi connectivity index (χ4v) is 4.96. The number of hydrogen-bond acceptors (Lipinski definition) is 4. The Labute approximate surface area is 227 Å². The molecule has 1 saturated carbocycles. The smallest absolute Gasteiger partial charge is 0.408 e. The molecule has 7 heteroatoms. The van der Waals surface area contributed by atoms with Crippen LogP contribution < -0.4 is 10.6 Å². The number of carbonyl (C=O) groups is 3. The van der Waals surface area contributed by atoms with Crippen LogP contribution in [0.1, 0.15) is 83.9 Å². The summed E-state index contributed by atoms with van der Waals surface area (Å²) >= 11 is 0. The number of benzene rings is 2. The average Bonchev–Trinajstić information content (AvgIpc) is 2.86. The zero-order valence-electron chi connectivity index (χ0n) is 23.4. The van der Waals surface area contributed by atoms with Gasteiger partial charge in [0.1, 0.15) is 17.7 Å². The summed E-state index contributed by atoms with van der Waals surface area (Å²) in [7, 11) is 0. The molecule has 1 aliphatic carbocycles. The van der Waals surface area contributed by atoms with Gasteiger partial charge >= 0.3 is 6.09 Å². The monoisotopic (exact) mass is 521 g/mol. The molecule has 7 nitrogen and oxygen atoms in total. The molecule has 2 N–H and O–H groups in total. The van der Waals surface area contributed by atoms with Crippen molar-refractivity contribution in [1.29, 1.82) is 0 Å². The van der Waals surface area contributed by atoms with Crippen molar-refractivity contribution in [2.24, 2.45) is 0 Å². The molecule has 1 aliphatic rings. The van der Waals surface area contributed by atoms with Crippen LogP contribution in [0.3, 0.4) is 0 Å². The second kappa shape index (κ2) is 13.4. The highest BCUT2D eigenvalue weighted by atomic mass is 16.6. The number of rotatable bonds is 9. The van der Waals surface area contributed by atoms with Gasteiger partial charge < -0.3 is 20.3 Å². The van der Waals surface area contributed by atoms with E-state index in [4.69, 9.17) is 4.74 Å². The Morgan fingerprint density at radius 3 is 2.05 bits per heavy atom. The second-order valence-corrected chi connectivity index (χ2v) is 11.4. The minimum absolute atomic E-state index is 0.103. The summed E-state index contributed by atoms with van der Waals surface area (Å²) in [6.07, 6.45) is 4.86. The van der Waals surface area contributed by atoms with E-state index in [2.05, 4.69) is 10.6 Å². The Morgan fingerprint density at radius 2 is 1.50 bits per heavy atom. The molecule has 0 heterocycles. The molecule has 2 aromatic carbocycles. The molecule has 0 radical (unpaired) electrons. The number of carbonyl (C=O) groups excluding carboxylic acids is 3. The lowest BCUT2D eigenvalue weighted by molar-refractivity contribution is -0.145. The van der Waals surface area contributed by atoms with Gasteiger partial charge in [0.25, 0.3) is 0 Å². The Balaban J connectivity index is 1.96. The van der Waals surface area contributed by atoms with E-state index in [1.807, 2.05) is 74.5 Å². The maximum absolute atomic E-state index is 14.3. The molecule has 38 heavy (non-hydrogen) atoms. The third-order valence-electron chi connectivity index (χ3n) is 6.68. The van der Waals surface area contributed by atoms with Gasteiger partial charge in [-0.15, -0.1) is 0 Å². The van der Waals surface area contributed by atoms with E-state index in [9.17, 15) is 14.4 Å². The maximum atomic E-state index is 14.3. The van der Waals surface area contributed by atoms with Crippen molar-refractivity contribution >= 4 is 17.9 Å². The minimum Gasteiger partial charge on any atom is -0.444 e. The highest BCUT2D eigenvalue weighted by Gasteiger charge is 2.38. The summed E-state index contributed by atoms with van der Waals surface area (Å²) in [5.41, 5.74) is 0.918. The highest BCUT2D eigenvalue weighted by Crippen LogP contribution is 2.27. The Kier molecular flexibility index (Phi) is 10.3. The van der Waals surface area contributed by atoms with Crippen molar-refractivity contribution in [3.05, 3.63) is 71.8 Å². The lowest BCUT2D eigenvalue weighted by atomic mass is 9.94. The Bertz CT molecular complexity index is 1040. The van der Waals surface area contributed by atoms with Crippen molar-refractivity contribution < 1.29 is 19.1 Å². The van der Waals surface area contributed by atoms with E-state index < -0.39 is 23.8 Å². The molecule has 0 aliphatic heterocycles. The normalized spacial score (nSPS) is 15.8. The minimum atomic E-state index is -0.914. The first kappa shape index (κ1) is 29.2. The predicted octanol–water partition coefficient (Wildman–Crippen LogP) is 5.55. The SMILES string of the molecule is CC(C)N(C(=O)C(Cc1ccccc1)NC(=O)OC(C)(C)C)C(C(=O)NC1CCCCC1)c1ccccc1. The zero-order valence-corrected chi connectivity index (χ0v) is 23.4. The van der Waals surface area contributed by atoms with Crippen LogP contribution in [0.4, 0.5) is 4.79 Å². The van der Waals surface area contributed by atoms with E-state index in [0.29, 0.717) is 0 Å². The lowest BCUT2D eigenvalue weighted by Gasteiger charge is -2.38. The molecule has 2 atom stereocenters. The van der Waals surface area contributed by atoms with Crippen molar-refractivity contribution in [3.63, 3.8) is 0 Å². The van der Waals surface area contributed by atoms with E-state index in [1.54, 1.807) is 25.7 Å². The second-order valence-electron chi connectivity index (χ2n) is 11.4. The first-order valence-electron chi connectivity index (χ1n) is 13.8. The van der Waals surface area contributed by atoms with Crippen molar-refractivity contribution in [2.75, 3.05) is 0 Å². The van der Waals surface area contributed by atoms with Gasteiger partial charge in [-0.1, -0.05) is 79.9 Å². The Morgan fingerprint density at radius 1 is 0.921 bits per heavy atom. The number of nitrogens with one attached hydrogen (secondary N) is 2. The average molecular weight is 522 g/mol. The van der Waals surface area contributed by atoms with E-state index in [0.717, 1.165) is 36.8 Å². The van der Waals surface area contributed by atoms with E-state index in [-0.39, 0.29) is 30.3 Å². The number of alkyl carbamates (subject to hydrolysis) is 1. The van der Waals surface area contributed by atoms with Gasteiger partial charge in [0.05, 0.1) is 0 Å². The topological polar surface area (TPSA) is 87.7 Å². The van der Waals surface area contributed by atoms with Crippen LogP contribution in [0.25, 0.3) is 0 Å². The summed E-state index contributed by atoms with van der Waals surface area (Å²) in [6, 6.07) is 17.0. The standard InChI is InChI=1S/C31H43N3O4/c1-22(2)34(27(24-17-11-7-12-18-24)28(35)32-25-19-13-8-14-20-25)29(36)26(21-23-15-9-6-10-16-23)33-30(37)38-31(3,4)5/h6-7,9-12,15-18,22,25-27H,8,13-14,19-21H2,1-5H3,(H,32,35)(H,33,37). The van der Waals surface area contributed by atoms with Gasteiger partial charge in [-0.05, 0) is 58.6 Å². The molecule has 2 aromatic rings. The maximum Gasteiger partial charge on any atom is 0.408 e. The molecule has 3 amide bonds. The fraction of sp³-hybridized carbons (Fsp3) is 0.516. The number of ether oxygens (including phenoxy) is 1. The molecule has 0 spiro atoms. The Hall–Kier alpha value is -3.35. The number of hydrogen-bond donors (Lipinski definition) is 2. The van der Waals surface area contributed by atoms with Crippen molar-refractivity contribution in [1.82, 2.24) is 15.5 Å². The van der Waals surface area contributed by atoms with Gasteiger partial charge in [-0.2, -0.15) is 0 Å². The molecule has 206 valence electrons. The van der Waals surface area contributed by atoms with Crippen LogP contribution >= 0.6 is 0 Å². The molecule has 0 bridgehead atoms. The zero-order chi connectivity index (χ0) is 27.7. The van der Waals surface area contributed by atoms with Crippen LogP contribution in [-0.2, 0) is 20.7 Å². The van der Waals surface area contributed by atoms with Crippen molar-refractivity contribution in [3.8, 4) is 0 Å². The number of amides is 3. The summed E-state index contributed by atoms with van der Waals surface area (Å²) in [6.45, 7) is 9.13. The molecule has 0 saturated heterocycles. The van der Waals surface area contributed by atoms with Gasteiger partial charge in [0, 0.05) is 18.5 Å². The quantitative estimate of drug-likeness (QED) is 0.453. The van der Waals surface area contributed by atoms with E-state index in [1.165, 1.54) is 6.42 Å². The predicted molar refractivity (Wildman–Crippen MR) is 149 cm³/mol. The first-order valence-corrected chi connectivity index (χ1v) is 13.8. The van der Waals surface area contributed by atoms with E-state index >= 15 is 0 Å². The summed E-state index contributed by atoms with van der Waals surface area (Å²) < 4.78 is 5.49. The third-order valence-corrected chi connectivity index (χ3v) is 6.68.